The molecule has 0 heterocycles. The van der Waals surface area contributed by atoms with Gasteiger partial charge in [0.1, 0.15) is 12.1 Å². The molecule has 0 aromatic heterocycles. The molecule has 1 rings (SSSR count). The van der Waals surface area contributed by atoms with Crippen molar-refractivity contribution < 1.29 is 19.1 Å². The highest BCUT2D eigenvalue weighted by Gasteiger charge is 2.25. The van der Waals surface area contributed by atoms with Crippen LogP contribution in [0, 0.1) is 24.6 Å². The molecular weight excluding hydrogens is 235 g/mol. The number of rotatable bonds is 6. The number of hydrogen-bond acceptors (Lipinski definition) is 2. The van der Waals surface area contributed by atoms with Gasteiger partial charge in [0.2, 0.25) is 0 Å². The first-order valence-electron chi connectivity index (χ1n) is 5.87. The summed E-state index contributed by atoms with van der Waals surface area (Å²) in [5.74, 6) is -2.43. The van der Waals surface area contributed by atoms with E-state index in [0.29, 0.717) is 11.8 Å². The number of aryl methyl sites for hydroxylation is 1. The van der Waals surface area contributed by atoms with E-state index in [4.69, 9.17) is 5.11 Å². The molecule has 4 heteroatoms. The van der Waals surface area contributed by atoms with Crippen LogP contribution >= 0.6 is 0 Å². The normalized spacial score (nSPS) is 13.9. The molecule has 1 N–H and O–H groups in total. The fourth-order valence-electron chi connectivity index (χ4n) is 1.90. The van der Waals surface area contributed by atoms with Crippen LogP contribution in [-0.4, -0.2) is 17.4 Å². The van der Waals surface area contributed by atoms with Crippen molar-refractivity contribution in [1.29, 1.82) is 0 Å². The number of carbonyl (C=O) groups is 2. The number of carboxylic acids is 1. The maximum atomic E-state index is 13.7. The lowest BCUT2D eigenvalue weighted by atomic mass is 9.86. The van der Waals surface area contributed by atoms with Gasteiger partial charge >= 0.3 is 5.97 Å². The summed E-state index contributed by atoms with van der Waals surface area (Å²) in [5, 5.41) is 9.14. The van der Waals surface area contributed by atoms with Gasteiger partial charge in [-0.25, -0.2) is 4.39 Å². The molecule has 0 aliphatic heterocycles. The minimum absolute atomic E-state index is 0.108. The van der Waals surface area contributed by atoms with Crippen LogP contribution in [0.5, 0.6) is 0 Å². The first-order chi connectivity index (χ1) is 8.45. The van der Waals surface area contributed by atoms with E-state index in [-0.39, 0.29) is 24.6 Å². The Bertz CT molecular complexity index is 443. The summed E-state index contributed by atoms with van der Waals surface area (Å²) in [5.41, 5.74) is 1.18. The second kappa shape index (κ2) is 6.28. The Morgan fingerprint density at radius 3 is 2.67 bits per heavy atom. The van der Waals surface area contributed by atoms with Gasteiger partial charge in [0.25, 0.3) is 0 Å². The van der Waals surface area contributed by atoms with Crippen molar-refractivity contribution in [2.45, 2.75) is 26.7 Å². The number of aliphatic carboxylic acids is 1. The van der Waals surface area contributed by atoms with Crippen molar-refractivity contribution in [3.05, 3.63) is 35.1 Å². The predicted molar refractivity (Wildman–Crippen MR) is 65.8 cm³/mol. The monoisotopic (exact) mass is 252 g/mol. The van der Waals surface area contributed by atoms with Gasteiger partial charge in [0.05, 0.1) is 5.92 Å². The molecular formula is C14H17FO3. The van der Waals surface area contributed by atoms with E-state index in [2.05, 4.69) is 0 Å². The number of aldehydes is 1. The molecule has 3 nitrogen and oxygen atoms in total. The van der Waals surface area contributed by atoms with Gasteiger partial charge in [-0.05, 0) is 36.5 Å². The van der Waals surface area contributed by atoms with Crippen molar-refractivity contribution in [2.24, 2.45) is 11.8 Å². The molecule has 0 fully saturated rings. The minimum atomic E-state index is -0.996. The fraction of sp³-hybridized carbons (Fsp3) is 0.429. The zero-order valence-electron chi connectivity index (χ0n) is 10.5. The number of carbonyl (C=O) groups excluding carboxylic acids is 1. The lowest BCUT2D eigenvalue weighted by Crippen LogP contribution is -2.24. The first-order valence-corrected chi connectivity index (χ1v) is 5.87. The number of hydrogen-bond donors (Lipinski definition) is 1. The van der Waals surface area contributed by atoms with Crippen LogP contribution in [0.1, 0.15) is 24.5 Å². The van der Waals surface area contributed by atoms with E-state index >= 15 is 0 Å². The number of halogens is 1. The third kappa shape index (κ3) is 3.65. The average molecular weight is 252 g/mol. The molecule has 0 bridgehead atoms. The second-order valence-corrected chi connectivity index (χ2v) is 4.62. The van der Waals surface area contributed by atoms with Gasteiger partial charge in [-0.3, -0.25) is 4.79 Å². The summed E-state index contributed by atoms with van der Waals surface area (Å²) in [6.07, 6.45) is 0.979. The van der Waals surface area contributed by atoms with Gasteiger partial charge < -0.3 is 9.90 Å². The van der Waals surface area contributed by atoms with E-state index in [0.717, 1.165) is 5.56 Å². The van der Waals surface area contributed by atoms with Crippen molar-refractivity contribution in [1.82, 2.24) is 0 Å². The Labute approximate surface area is 106 Å². The van der Waals surface area contributed by atoms with Crippen molar-refractivity contribution in [2.75, 3.05) is 0 Å². The molecule has 1 aromatic carbocycles. The quantitative estimate of drug-likeness (QED) is 0.792. The van der Waals surface area contributed by atoms with E-state index in [1.165, 1.54) is 6.07 Å². The van der Waals surface area contributed by atoms with E-state index < -0.39 is 11.9 Å². The number of benzene rings is 1. The van der Waals surface area contributed by atoms with E-state index in [1.807, 2.05) is 0 Å². The number of carboxylic acid groups (broad SMARTS) is 1. The van der Waals surface area contributed by atoms with Crippen LogP contribution in [0.4, 0.5) is 4.39 Å². The zero-order valence-corrected chi connectivity index (χ0v) is 10.5. The highest BCUT2D eigenvalue weighted by Crippen LogP contribution is 2.22. The summed E-state index contributed by atoms with van der Waals surface area (Å²) in [6.45, 7) is 3.47. The molecule has 2 unspecified atom stereocenters. The topological polar surface area (TPSA) is 54.4 Å². The molecule has 1 aromatic rings. The van der Waals surface area contributed by atoms with Gasteiger partial charge in [0, 0.05) is 6.42 Å². The first kappa shape index (κ1) is 14.4. The second-order valence-electron chi connectivity index (χ2n) is 4.62. The van der Waals surface area contributed by atoms with Crippen LogP contribution in [-0.2, 0) is 16.0 Å². The fourth-order valence-corrected chi connectivity index (χ4v) is 1.90. The molecule has 0 radical (unpaired) electrons. The largest absolute Gasteiger partial charge is 0.481 e. The molecule has 0 aliphatic carbocycles. The van der Waals surface area contributed by atoms with Gasteiger partial charge in [-0.15, -0.1) is 0 Å². The molecule has 0 aliphatic rings. The van der Waals surface area contributed by atoms with Crippen molar-refractivity contribution in [3.63, 3.8) is 0 Å². The van der Waals surface area contributed by atoms with Crippen LogP contribution in [0.25, 0.3) is 0 Å². The molecule has 0 amide bonds. The van der Waals surface area contributed by atoms with Crippen LogP contribution in [0.3, 0.4) is 0 Å². The lowest BCUT2D eigenvalue weighted by Gasteiger charge is -2.18. The maximum Gasteiger partial charge on any atom is 0.307 e. The summed E-state index contributed by atoms with van der Waals surface area (Å²) in [4.78, 5) is 21.6. The van der Waals surface area contributed by atoms with Gasteiger partial charge in [-0.2, -0.15) is 0 Å². The molecule has 18 heavy (non-hydrogen) atoms. The summed E-state index contributed by atoms with van der Waals surface area (Å²) < 4.78 is 13.7. The Morgan fingerprint density at radius 1 is 1.50 bits per heavy atom. The van der Waals surface area contributed by atoms with Crippen molar-refractivity contribution >= 4 is 12.3 Å². The highest BCUT2D eigenvalue weighted by atomic mass is 19.1. The Morgan fingerprint density at radius 2 is 2.17 bits per heavy atom. The average Bonchev–Trinajstić information content (AvgIpc) is 2.27. The van der Waals surface area contributed by atoms with Crippen molar-refractivity contribution in [3.8, 4) is 0 Å². The van der Waals surface area contributed by atoms with Gasteiger partial charge in [-0.1, -0.05) is 19.1 Å². The molecule has 2 atom stereocenters. The van der Waals surface area contributed by atoms with E-state index in [9.17, 15) is 14.0 Å². The third-order valence-corrected chi connectivity index (χ3v) is 3.12. The summed E-state index contributed by atoms with van der Waals surface area (Å²) in [7, 11) is 0. The van der Waals surface area contributed by atoms with E-state index in [1.54, 1.807) is 26.0 Å². The Kier molecular flexibility index (Phi) is 5.01. The Hall–Kier alpha value is -1.71. The zero-order chi connectivity index (χ0) is 13.7. The lowest BCUT2D eigenvalue weighted by molar-refractivity contribution is -0.143. The summed E-state index contributed by atoms with van der Waals surface area (Å²) >= 11 is 0. The SMILES string of the molecule is Cc1ccc(CC(C(=O)O)C(C)CC=O)c(F)c1. The molecule has 98 valence electrons. The smallest absolute Gasteiger partial charge is 0.307 e. The molecule has 0 saturated carbocycles. The van der Waals surface area contributed by atoms with Crippen LogP contribution < -0.4 is 0 Å². The maximum absolute atomic E-state index is 13.7. The van der Waals surface area contributed by atoms with Crippen LogP contribution in [0.2, 0.25) is 0 Å². The molecule has 0 saturated heterocycles. The highest BCUT2D eigenvalue weighted by molar-refractivity contribution is 5.71. The minimum Gasteiger partial charge on any atom is -0.481 e. The molecule has 0 spiro atoms. The van der Waals surface area contributed by atoms with Gasteiger partial charge in [0.15, 0.2) is 0 Å². The standard InChI is InChI=1S/C14H17FO3/c1-9-3-4-11(13(15)7-9)8-12(14(17)18)10(2)5-6-16/h3-4,6-7,10,12H,5,8H2,1-2H3,(H,17,18). The summed E-state index contributed by atoms with van der Waals surface area (Å²) in [6, 6.07) is 4.74. The predicted octanol–water partition coefficient (Wildman–Crippen LogP) is 2.60. The van der Waals surface area contributed by atoms with Crippen LogP contribution in [0.15, 0.2) is 18.2 Å². The Balaban J connectivity index is 2.89. The third-order valence-electron chi connectivity index (χ3n) is 3.12.